The Hall–Kier alpha value is -1.29. The van der Waals surface area contributed by atoms with Crippen LogP contribution in [0.4, 0.5) is 0 Å². The van der Waals surface area contributed by atoms with Crippen LogP contribution in [-0.4, -0.2) is 0 Å². The lowest BCUT2D eigenvalue weighted by Crippen LogP contribution is -2.22. The van der Waals surface area contributed by atoms with Crippen LogP contribution in [0.5, 0.6) is 0 Å². The van der Waals surface area contributed by atoms with Crippen molar-refractivity contribution in [1.29, 1.82) is 5.26 Å². The molecule has 1 saturated carbocycles. The molecule has 0 aromatic heterocycles. The Labute approximate surface area is 155 Å². The van der Waals surface area contributed by atoms with Crippen LogP contribution in [0.3, 0.4) is 0 Å². The van der Waals surface area contributed by atoms with Crippen molar-refractivity contribution < 1.29 is 0 Å². The zero-order chi connectivity index (χ0) is 17.9. The first-order valence-corrected chi connectivity index (χ1v) is 10.7. The van der Waals surface area contributed by atoms with Crippen molar-refractivity contribution in [3.05, 3.63) is 35.4 Å². The number of unbranched alkanes of at least 4 members (excludes halogenated alkanes) is 3. The zero-order valence-corrected chi connectivity index (χ0v) is 16.5. The number of rotatable bonds is 10. The average Bonchev–Trinajstić information content (AvgIpc) is 2.66. The Morgan fingerprint density at radius 3 is 2.16 bits per heavy atom. The van der Waals surface area contributed by atoms with E-state index < -0.39 is 0 Å². The van der Waals surface area contributed by atoms with Gasteiger partial charge in [-0.2, -0.15) is 5.26 Å². The molecule has 0 bridgehead atoms. The van der Waals surface area contributed by atoms with E-state index >= 15 is 0 Å². The Balaban J connectivity index is 1.79. The molecular formula is C24H37N. The zero-order valence-electron chi connectivity index (χ0n) is 16.5. The third-order valence-corrected chi connectivity index (χ3v) is 6.14. The summed E-state index contributed by atoms with van der Waals surface area (Å²) in [5.74, 6) is 1.75. The molecule has 1 aromatic carbocycles. The maximum Gasteiger partial charge on any atom is 0.0662 e. The quantitative estimate of drug-likeness (QED) is 0.417. The van der Waals surface area contributed by atoms with E-state index in [0.717, 1.165) is 12.3 Å². The van der Waals surface area contributed by atoms with Crippen molar-refractivity contribution in [2.75, 3.05) is 0 Å². The fraction of sp³-hybridized carbons (Fsp3) is 0.708. The largest absolute Gasteiger partial charge is 0.198 e. The summed E-state index contributed by atoms with van der Waals surface area (Å²) in [6.07, 6.45) is 15.4. The van der Waals surface area contributed by atoms with Gasteiger partial charge in [0, 0.05) is 0 Å². The highest BCUT2D eigenvalue weighted by Crippen LogP contribution is 2.36. The van der Waals surface area contributed by atoms with Crippen LogP contribution in [0.2, 0.25) is 0 Å². The van der Waals surface area contributed by atoms with Crippen molar-refractivity contribution >= 4 is 0 Å². The highest BCUT2D eigenvalue weighted by atomic mass is 14.4. The number of benzene rings is 1. The third kappa shape index (κ3) is 6.85. The number of hydrogen-bond acceptors (Lipinski definition) is 1. The van der Waals surface area contributed by atoms with Crippen LogP contribution < -0.4 is 0 Å². The molecule has 1 unspecified atom stereocenters. The van der Waals surface area contributed by atoms with Crippen LogP contribution in [0.15, 0.2) is 24.3 Å². The van der Waals surface area contributed by atoms with Crippen LogP contribution >= 0.6 is 0 Å². The molecule has 0 amide bonds. The van der Waals surface area contributed by atoms with Crippen LogP contribution in [0.1, 0.15) is 89.2 Å². The van der Waals surface area contributed by atoms with Gasteiger partial charge in [-0.05, 0) is 55.1 Å². The van der Waals surface area contributed by atoms with Crippen LogP contribution in [0.25, 0.3) is 0 Å². The molecule has 1 fully saturated rings. The smallest absolute Gasteiger partial charge is 0.0662 e. The van der Waals surface area contributed by atoms with E-state index in [1.54, 1.807) is 0 Å². The minimum absolute atomic E-state index is 0.207. The molecule has 0 N–H and O–H groups in total. The predicted molar refractivity (Wildman–Crippen MR) is 107 cm³/mol. The van der Waals surface area contributed by atoms with Crippen molar-refractivity contribution in [3.63, 3.8) is 0 Å². The second-order valence-electron chi connectivity index (χ2n) is 8.14. The van der Waals surface area contributed by atoms with Gasteiger partial charge in [0.05, 0.1) is 12.0 Å². The Bertz CT molecular complexity index is 502. The van der Waals surface area contributed by atoms with E-state index in [4.69, 9.17) is 0 Å². The second kappa shape index (κ2) is 11.3. The molecule has 0 saturated heterocycles. The van der Waals surface area contributed by atoms with Gasteiger partial charge >= 0.3 is 0 Å². The van der Waals surface area contributed by atoms with Gasteiger partial charge in [-0.3, -0.25) is 0 Å². The fourth-order valence-corrected chi connectivity index (χ4v) is 4.36. The normalized spacial score (nSPS) is 21.6. The van der Waals surface area contributed by atoms with E-state index in [0.29, 0.717) is 5.92 Å². The van der Waals surface area contributed by atoms with Crippen molar-refractivity contribution in [2.45, 2.75) is 90.9 Å². The molecule has 1 aromatic rings. The Kier molecular flexibility index (Phi) is 9.09. The molecule has 25 heavy (non-hydrogen) atoms. The molecule has 1 aliphatic carbocycles. The minimum Gasteiger partial charge on any atom is -0.198 e. The first-order chi connectivity index (χ1) is 12.3. The fourth-order valence-electron chi connectivity index (χ4n) is 4.36. The lowest BCUT2D eigenvalue weighted by atomic mass is 9.73. The summed E-state index contributed by atoms with van der Waals surface area (Å²) in [4.78, 5) is 0. The first-order valence-electron chi connectivity index (χ1n) is 10.7. The van der Waals surface area contributed by atoms with E-state index in [2.05, 4.69) is 44.2 Å². The number of hydrogen-bond donors (Lipinski definition) is 0. The molecule has 1 nitrogen and oxygen atoms in total. The van der Waals surface area contributed by atoms with E-state index in [9.17, 15) is 5.26 Å². The van der Waals surface area contributed by atoms with Gasteiger partial charge in [0.15, 0.2) is 0 Å². The van der Waals surface area contributed by atoms with E-state index in [-0.39, 0.29) is 5.92 Å². The molecule has 0 radical (unpaired) electrons. The monoisotopic (exact) mass is 339 g/mol. The maximum absolute atomic E-state index is 9.70. The van der Waals surface area contributed by atoms with Gasteiger partial charge in [-0.1, -0.05) is 83.1 Å². The molecule has 138 valence electrons. The molecule has 1 heteroatoms. The molecule has 0 aliphatic heterocycles. The van der Waals surface area contributed by atoms with Gasteiger partial charge in [0.25, 0.3) is 0 Å². The highest BCUT2D eigenvalue weighted by Gasteiger charge is 2.27. The Morgan fingerprint density at radius 2 is 1.56 bits per heavy atom. The van der Waals surface area contributed by atoms with Crippen molar-refractivity contribution in [3.8, 4) is 6.07 Å². The van der Waals surface area contributed by atoms with Gasteiger partial charge in [0.2, 0.25) is 0 Å². The predicted octanol–water partition coefficient (Wildman–Crippen LogP) is 7.10. The third-order valence-electron chi connectivity index (χ3n) is 6.14. The highest BCUT2D eigenvalue weighted by molar-refractivity contribution is 5.24. The summed E-state index contributed by atoms with van der Waals surface area (Å²) in [5.41, 5.74) is 2.78. The van der Waals surface area contributed by atoms with Crippen molar-refractivity contribution in [2.24, 2.45) is 17.8 Å². The summed E-state index contributed by atoms with van der Waals surface area (Å²) < 4.78 is 0. The topological polar surface area (TPSA) is 23.8 Å². The standard InChI is InChI=1S/C24H37N/c1-3-5-7-9-21-14-16-23(17-15-21)24(19-25)18-22-12-10-20(11-13-22)8-6-4-2/h10-13,21,23-24H,3-9,14-18H2,1-2H3. The van der Waals surface area contributed by atoms with Gasteiger partial charge < -0.3 is 0 Å². The van der Waals surface area contributed by atoms with Gasteiger partial charge in [-0.25, -0.2) is 0 Å². The summed E-state index contributed by atoms with van der Waals surface area (Å²) >= 11 is 0. The Morgan fingerprint density at radius 1 is 0.920 bits per heavy atom. The van der Waals surface area contributed by atoms with Gasteiger partial charge in [0.1, 0.15) is 0 Å². The summed E-state index contributed by atoms with van der Waals surface area (Å²) in [5, 5.41) is 9.70. The lowest BCUT2D eigenvalue weighted by molar-refractivity contribution is 0.221. The lowest BCUT2D eigenvalue weighted by Gasteiger charge is -2.31. The molecule has 0 heterocycles. The van der Waals surface area contributed by atoms with E-state index in [1.807, 2.05) is 0 Å². The summed E-state index contributed by atoms with van der Waals surface area (Å²) in [6.45, 7) is 4.52. The molecule has 1 atom stereocenters. The average molecular weight is 340 g/mol. The van der Waals surface area contributed by atoms with Gasteiger partial charge in [-0.15, -0.1) is 0 Å². The molecule has 2 rings (SSSR count). The SMILES string of the molecule is CCCCCC1CCC(C(C#N)Cc2ccc(CCCC)cc2)CC1. The number of nitrogens with zero attached hydrogens (tertiary/aromatic N) is 1. The van der Waals surface area contributed by atoms with Crippen LogP contribution in [0, 0.1) is 29.1 Å². The molecule has 1 aliphatic rings. The molecule has 0 spiro atoms. The van der Waals surface area contributed by atoms with E-state index in [1.165, 1.54) is 81.8 Å². The maximum atomic E-state index is 9.70. The summed E-state index contributed by atoms with van der Waals surface area (Å²) in [6, 6.07) is 11.7. The second-order valence-corrected chi connectivity index (χ2v) is 8.14. The number of aryl methyl sites for hydroxylation is 1. The first kappa shape index (κ1) is 20.0. The number of nitriles is 1. The van der Waals surface area contributed by atoms with Crippen molar-refractivity contribution in [1.82, 2.24) is 0 Å². The van der Waals surface area contributed by atoms with Crippen LogP contribution in [-0.2, 0) is 12.8 Å². The summed E-state index contributed by atoms with van der Waals surface area (Å²) in [7, 11) is 0. The minimum atomic E-state index is 0.207. The molecular weight excluding hydrogens is 302 g/mol.